The van der Waals surface area contributed by atoms with Crippen LogP contribution in [0.25, 0.3) is 0 Å². The van der Waals surface area contributed by atoms with E-state index >= 15 is 0 Å². The third-order valence-corrected chi connectivity index (χ3v) is 3.27. The van der Waals surface area contributed by atoms with E-state index in [1.165, 1.54) is 30.3 Å². The van der Waals surface area contributed by atoms with Gasteiger partial charge in [-0.3, -0.25) is 10.1 Å². The van der Waals surface area contributed by atoms with Crippen molar-refractivity contribution in [3.05, 3.63) is 52.6 Å². The van der Waals surface area contributed by atoms with E-state index in [0.29, 0.717) is 5.56 Å². The summed E-state index contributed by atoms with van der Waals surface area (Å²) in [4.78, 5) is 9.87. The van der Waals surface area contributed by atoms with Crippen molar-refractivity contribution >= 4 is 15.7 Å². The van der Waals surface area contributed by atoms with Crippen LogP contribution in [-0.2, 0) is 15.8 Å². The normalized spacial score (nSPS) is 11.1. The molecule has 1 rings (SSSR count). The second-order valence-corrected chi connectivity index (χ2v) is 5.13. The Hall–Kier alpha value is -1.73. The number of benzene rings is 1. The minimum Gasteiger partial charge on any atom is -0.258 e. The summed E-state index contributed by atoms with van der Waals surface area (Å²) in [5.74, 6) is -0.209. The molecular formula is C10H12N2O4S. The van der Waals surface area contributed by atoms with Crippen LogP contribution < -0.4 is 4.72 Å². The number of nitro groups is 1. The standard InChI is InChI=1S/C10H12N2O4S/c1-2-7-11-17(15,16)8-9-3-5-10(6-4-9)12(13)14/h2-6,11H,1,7-8H2. The van der Waals surface area contributed by atoms with Crippen molar-refractivity contribution in [2.24, 2.45) is 0 Å². The summed E-state index contributed by atoms with van der Waals surface area (Å²) >= 11 is 0. The first-order valence-electron chi connectivity index (χ1n) is 4.76. The van der Waals surface area contributed by atoms with Gasteiger partial charge in [0.05, 0.1) is 10.7 Å². The largest absolute Gasteiger partial charge is 0.269 e. The molecule has 1 aromatic rings. The molecule has 0 fully saturated rings. The molecule has 0 saturated carbocycles. The van der Waals surface area contributed by atoms with Crippen molar-refractivity contribution in [1.82, 2.24) is 4.72 Å². The molecule has 0 saturated heterocycles. The first-order chi connectivity index (χ1) is 7.94. The molecule has 92 valence electrons. The van der Waals surface area contributed by atoms with E-state index in [9.17, 15) is 18.5 Å². The predicted molar refractivity (Wildman–Crippen MR) is 63.9 cm³/mol. The molecule has 7 heteroatoms. The van der Waals surface area contributed by atoms with Crippen molar-refractivity contribution in [1.29, 1.82) is 0 Å². The summed E-state index contributed by atoms with van der Waals surface area (Å²) in [6, 6.07) is 5.40. The van der Waals surface area contributed by atoms with Gasteiger partial charge in [-0.1, -0.05) is 18.2 Å². The Balaban J connectivity index is 2.75. The van der Waals surface area contributed by atoms with Crippen LogP contribution in [0.5, 0.6) is 0 Å². The van der Waals surface area contributed by atoms with Gasteiger partial charge < -0.3 is 0 Å². The first-order valence-corrected chi connectivity index (χ1v) is 6.41. The molecule has 0 aromatic heterocycles. The van der Waals surface area contributed by atoms with Crippen LogP contribution in [0.3, 0.4) is 0 Å². The maximum absolute atomic E-state index is 11.5. The zero-order valence-corrected chi connectivity index (χ0v) is 9.81. The van der Waals surface area contributed by atoms with Gasteiger partial charge in [0.25, 0.3) is 5.69 Å². The second kappa shape index (κ2) is 5.55. The highest BCUT2D eigenvalue weighted by Gasteiger charge is 2.11. The lowest BCUT2D eigenvalue weighted by Crippen LogP contribution is -2.25. The number of hydrogen-bond acceptors (Lipinski definition) is 4. The van der Waals surface area contributed by atoms with E-state index in [1.54, 1.807) is 0 Å². The van der Waals surface area contributed by atoms with Crippen LogP contribution in [0.2, 0.25) is 0 Å². The third-order valence-electron chi connectivity index (χ3n) is 1.95. The predicted octanol–water partition coefficient (Wildman–Crippen LogP) is 1.20. The fourth-order valence-corrected chi connectivity index (χ4v) is 2.28. The molecule has 0 amide bonds. The van der Waals surface area contributed by atoms with E-state index in [2.05, 4.69) is 11.3 Å². The molecule has 0 aliphatic carbocycles. The SMILES string of the molecule is C=CCNS(=O)(=O)Cc1ccc([N+](=O)[O-])cc1. The Morgan fingerprint density at radius 3 is 2.41 bits per heavy atom. The molecule has 1 aromatic carbocycles. The van der Waals surface area contributed by atoms with Crippen LogP contribution in [0.4, 0.5) is 5.69 Å². The van der Waals surface area contributed by atoms with Crippen LogP contribution in [0, 0.1) is 10.1 Å². The van der Waals surface area contributed by atoms with Gasteiger partial charge >= 0.3 is 0 Å². The quantitative estimate of drug-likeness (QED) is 0.470. The molecule has 0 atom stereocenters. The van der Waals surface area contributed by atoms with Crippen LogP contribution >= 0.6 is 0 Å². The van der Waals surface area contributed by atoms with E-state index in [0.717, 1.165) is 0 Å². The zero-order chi connectivity index (χ0) is 12.9. The Bertz CT molecular complexity index is 508. The van der Waals surface area contributed by atoms with Gasteiger partial charge in [0.1, 0.15) is 0 Å². The third kappa shape index (κ3) is 4.33. The molecule has 1 N–H and O–H groups in total. The number of nitrogens with zero attached hydrogens (tertiary/aromatic N) is 1. The maximum atomic E-state index is 11.5. The second-order valence-electron chi connectivity index (χ2n) is 3.32. The highest BCUT2D eigenvalue weighted by molar-refractivity contribution is 7.88. The average molecular weight is 256 g/mol. The van der Waals surface area contributed by atoms with Crippen LogP contribution in [0.1, 0.15) is 5.56 Å². The Labute approximate surface area is 99.2 Å². The molecule has 0 spiro atoms. The highest BCUT2D eigenvalue weighted by Crippen LogP contribution is 2.13. The minimum absolute atomic E-state index is 0.0646. The lowest BCUT2D eigenvalue weighted by Gasteiger charge is -2.04. The Morgan fingerprint density at radius 1 is 1.35 bits per heavy atom. The summed E-state index contributed by atoms with van der Waals surface area (Å²) in [5.41, 5.74) is 0.428. The van der Waals surface area contributed by atoms with Gasteiger partial charge in [0.2, 0.25) is 10.0 Å². The van der Waals surface area contributed by atoms with Gasteiger partial charge in [-0.05, 0) is 5.56 Å². The molecule has 0 radical (unpaired) electrons. The highest BCUT2D eigenvalue weighted by atomic mass is 32.2. The molecule has 17 heavy (non-hydrogen) atoms. The van der Waals surface area contributed by atoms with Crippen molar-refractivity contribution in [3.8, 4) is 0 Å². The number of nitro benzene ring substituents is 1. The maximum Gasteiger partial charge on any atom is 0.269 e. The van der Waals surface area contributed by atoms with Crippen molar-refractivity contribution in [2.75, 3.05) is 6.54 Å². The fraction of sp³-hybridized carbons (Fsp3) is 0.200. The fourth-order valence-electron chi connectivity index (χ4n) is 1.17. The van der Waals surface area contributed by atoms with E-state index in [4.69, 9.17) is 0 Å². The molecule has 0 bridgehead atoms. The van der Waals surface area contributed by atoms with Gasteiger partial charge in [0, 0.05) is 18.7 Å². The molecule has 0 unspecified atom stereocenters. The van der Waals surface area contributed by atoms with Crippen molar-refractivity contribution < 1.29 is 13.3 Å². The summed E-state index contributed by atoms with van der Waals surface area (Å²) in [6.45, 7) is 3.56. The van der Waals surface area contributed by atoms with Gasteiger partial charge in [-0.15, -0.1) is 6.58 Å². The number of non-ortho nitro benzene ring substituents is 1. The molecule has 0 aliphatic rings. The summed E-state index contributed by atoms with van der Waals surface area (Å²) in [5, 5.41) is 10.4. The molecule has 0 heterocycles. The Kier molecular flexibility index (Phi) is 4.36. The van der Waals surface area contributed by atoms with Gasteiger partial charge in [-0.25, -0.2) is 13.1 Å². The van der Waals surface area contributed by atoms with Crippen molar-refractivity contribution in [3.63, 3.8) is 0 Å². The number of sulfonamides is 1. The van der Waals surface area contributed by atoms with Crippen LogP contribution in [0.15, 0.2) is 36.9 Å². The van der Waals surface area contributed by atoms with Gasteiger partial charge in [0.15, 0.2) is 0 Å². The van der Waals surface area contributed by atoms with Gasteiger partial charge in [-0.2, -0.15) is 0 Å². The van der Waals surface area contributed by atoms with E-state index < -0.39 is 14.9 Å². The van der Waals surface area contributed by atoms with E-state index in [1.807, 2.05) is 0 Å². The topological polar surface area (TPSA) is 89.3 Å². The minimum atomic E-state index is -3.42. The average Bonchev–Trinajstić information content (AvgIpc) is 2.26. The van der Waals surface area contributed by atoms with E-state index in [-0.39, 0.29) is 18.0 Å². The summed E-state index contributed by atoms with van der Waals surface area (Å²) in [7, 11) is -3.42. The first kappa shape index (κ1) is 13.3. The summed E-state index contributed by atoms with van der Waals surface area (Å²) < 4.78 is 25.3. The lowest BCUT2D eigenvalue weighted by atomic mass is 10.2. The van der Waals surface area contributed by atoms with Crippen LogP contribution in [-0.4, -0.2) is 19.9 Å². The molecule has 6 nitrogen and oxygen atoms in total. The zero-order valence-electron chi connectivity index (χ0n) is 9.00. The lowest BCUT2D eigenvalue weighted by molar-refractivity contribution is -0.384. The Morgan fingerprint density at radius 2 is 1.94 bits per heavy atom. The smallest absolute Gasteiger partial charge is 0.258 e. The monoisotopic (exact) mass is 256 g/mol. The number of hydrogen-bond donors (Lipinski definition) is 1. The summed E-state index contributed by atoms with van der Waals surface area (Å²) in [6.07, 6.45) is 1.44. The molecular weight excluding hydrogens is 244 g/mol. The van der Waals surface area contributed by atoms with Crippen molar-refractivity contribution in [2.45, 2.75) is 5.75 Å². The number of rotatable bonds is 6. The molecule has 0 aliphatic heterocycles. The number of nitrogens with one attached hydrogen (secondary N) is 1.